The third-order valence-corrected chi connectivity index (χ3v) is 4.78. The molecule has 0 radical (unpaired) electrons. The van der Waals surface area contributed by atoms with Crippen molar-refractivity contribution in [2.75, 3.05) is 26.2 Å². The smallest absolute Gasteiger partial charge is 0.254 e. The van der Waals surface area contributed by atoms with Crippen LogP contribution >= 0.6 is 36.4 Å². The Hall–Kier alpha value is -1.44. The number of furan rings is 1. The fourth-order valence-electron chi connectivity index (χ4n) is 3.00. The van der Waals surface area contributed by atoms with Gasteiger partial charge in [0.2, 0.25) is 0 Å². The Bertz CT molecular complexity index is 717. The van der Waals surface area contributed by atoms with Gasteiger partial charge in [-0.1, -0.05) is 11.6 Å². The van der Waals surface area contributed by atoms with E-state index in [-0.39, 0.29) is 36.8 Å². The Kier molecular flexibility index (Phi) is 10.7. The van der Waals surface area contributed by atoms with Gasteiger partial charge in [-0.05, 0) is 43.2 Å². The molecule has 0 aliphatic carbocycles. The molecular weight excluding hydrogens is 425 g/mol. The molecule has 1 aliphatic rings. The van der Waals surface area contributed by atoms with Gasteiger partial charge < -0.3 is 20.2 Å². The van der Waals surface area contributed by atoms with Crippen molar-refractivity contribution in [3.8, 4) is 5.75 Å². The standard InChI is InChI=1S/C19H24ClN3O3.2ClH/c20-15-1-3-17(4-2-15)25-10-9-23-7-5-16(6-8-23)22-19(24)14-11-18(12-21)26-13-14;;/h1-4,11,13,16H,5-10,12,21H2,(H,22,24);2*1H. The highest BCUT2D eigenvalue weighted by Crippen LogP contribution is 2.16. The molecule has 28 heavy (non-hydrogen) atoms. The number of likely N-dealkylation sites (tertiary alicyclic amines) is 1. The minimum Gasteiger partial charge on any atom is -0.492 e. The number of nitrogens with zero attached hydrogens (tertiary/aromatic N) is 1. The first-order valence-corrected chi connectivity index (χ1v) is 9.21. The number of ether oxygens (including phenoxy) is 1. The zero-order chi connectivity index (χ0) is 18.4. The number of carbonyl (C=O) groups is 1. The van der Waals surface area contributed by atoms with Gasteiger partial charge in [0.1, 0.15) is 24.4 Å². The van der Waals surface area contributed by atoms with Crippen LogP contribution in [0.2, 0.25) is 5.02 Å². The van der Waals surface area contributed by atoms with Gasteiger partial charge in [-0.2, -0.15) is 0 Å². The van der Waals surface area contributed by atoms with Crippen LogP contribution in [0.3, 0.4) is 0 Å². The first-order chi connectivity index (χ1) is 12.6. The van der Waals surface area contributed by atoms with Crippen LogP contribution in [0.1, 0.15) is 29.0 Å². The summed E-state index contributed by atoms with van der Waals surface area (Å²) in [6.45, 7) is 3.67. The average molecular weight is 451 g/mol. The van der Waals surface area contributed by atoms with E-state index in [9.17, 15) is 4.79 Å². The van der Waals surface area contributed by atoms with Crippen molar-refractivity contribution in [3.05, 3.63) is 52.9 Å². The summed E-state index contributed by atoms with van der Waals surface area (Å²) in [5.41, 5.74) is 6.03. The Balaban J connectivity index is 0.00000196. The summed E-state index contributed by atoms with van der Waals surface area (Å²) in [7, 11) is 0. The molecule has 1 aromatic heterocycles. The third-order valence-electron chi connectivity index (χ3n) is 4.53. The Morgan fingerprint density at radius 1 is 1.25 bits per heavy atom. The van der Waals surface area contributed by atoms with Crippen LogP contribution in [0.4, 0.5) is 0 Å². The molecule has 2 aromatic rings. The normalized spacial score (nSPS) is 14.6. The largest absolute Gasteiger partial charge is 0.492 e. The fourth-order valence-corrected chi connectivity index (χ4v) is 3.13. The van der Waals surface area contributed by atoms with Crippen LogP contribution < -0.4 is 15.8 Å². The SMILES string of the molecule is Cl.Cl.NCc1cc(C(=O)NC2CCN(CCOc3ccc(Cl)cc3)CC2)co1. The van der Waals surface area contributed by atoms with Crippen LogP contribution in [0, 0.1) is 0 Å². The highest BCUT2D eigenvalue weighted by Gasteiger charge is 2.21. The van der Waals surface area contributed by atoms with Gasteiger partial charge in [-0.3, -0.25) is 9.69 Å². The highest BCUT2D eigenvalue weighted by molar-refractivity contribution is 6.30. The lowest BCUT2D eigenvalue weighted by molar-refractivity contribution is 0.0905. The maximum absolute atomic E-state index is 12.2. The predicted octanol–water partition coefficient (Wildman–Crippen LogP) is 3.51. The molecule has 0 unspecified atom stereocenters. The summed E-state index contributed by atoms with van der Waals surface area (Å²) in [4.78, 5) is 14.6. The summed E-state index contributed by atoms with van der Waals surface area (Å²) in [6, 6.07) is 9.26. The van der Waals surface area contributed by atoms with Gasteiger partial charge in [-0.15, -0.1) is 24.8 Å². The highest BCUT2D eigenvalue weighted by atomic mass is 35.5. The molecule has 1 aromatic carbocycles. The Morgan fingerprint density at radius 3 is 2.54 bits per heavy atom. The number of nitrogens with one attached hydrogen (secondary N) is 1. The van der Waals surface area contributed by atoms with Gasteiger partial charge in [0.15, 0.2) is 0 Å². The molecule has 0 spiro atoms. The van der Waals surface area contributed by atoms with Gasteiger partial charge in [-0.25, -0.2) is 0 Å². The van der Waals surface area contributed by atoms with Gasteiger partial charge >= 0.3 is 0 Å². The van der Waals surface area contributed by atoms with E-state index in [4.69, 9.17) is 26.5 Å². The number of rotatable bonds is 7. The van der Waals surface area contributed by atoms with Gasteiger partial charge in [0, 0.05) is 30.7 Å². The van der Waals surface area contributed by atoms with Crippen molar-refractivity contribution in [2.24, 2.45) is 5.73 Å². The second kappa shape index (κ2) is 12.2. The van der Waals surface area contributed by atoms with E-state index in [2.05, 4.69) is 10.2 Å². The molecule has 3 N–H and O–H groups in total. The van der Waals surface area contributed by atoms with Gasteiger partial charge in [0.05, 0.1) is 12.1 Å². The molecule has 0 atom stereocenters. The first-order valence-electron chi connectivity index (χ1n) is 8.83. The monoisotopic (exact) mass is 449 g/mol. The van der Waals surface area contributed by atoms with Crippen molar-refractivity contribution in [1.29, 1.82) is 0 Å². The number of carbonyl (C=O) groups excluding carboxylic acids is 1. The second-order valence-electron chi connectivity index (χ2n) is 6.40. The Morgan fingerprint density at radius 2 is 1.93 bits per heavy atom. The molecule has 9 heteroatoms. The Labute approximate surface area is 182 Å². The van der Waals surface area contributed by atoms with E-state index < -0.39 is 0 Å². The van der Waals surface area contributed by atoms with Crippen LogP contribution in [0.15, 0.2) is 41.0 Å². The summed E-state index contributed by atoms with van der Waals surface area (Å²) < 4.78 is 10.9. The first kappa shape index (κ1) is 24.6. The number of piperidine rings is 1. The number of hydrogen-bond acceptors (Lipinski definition) is 5. The van der Waals surface area contributed by atoms with Crippen molar-refractivity contribution >= 4 is 42.3 Å². The maximum atomic E-state index is 12.2. The fraction of sp³-hybridized carbons (Fsp3) is 0.421. The molecule has 0 saturated carbocycles. The lowest BCUT2D eigenvalue weighted by Crippen LogP contribution is -2.45. The molecule has 6 nitrogen and oxygen atoms in total. The molecule has 1 fully saturated rings. The molecule has 3 rings (SSSR count). The van der Waals surface area contributed by atoms with E-state index in [1.165, 1.54) is 6.26 Å². The molecule has 2 heterocycles. The summed E-state index contributed by atoms with van der Waals surface area (Å²) in [6.07, 6.45) is 3.31. The number of hydrogen-bond donors (Lipinski definition) is 2. The topological polar surface area (TPSA) is 80.7 Å². The molecule has 1 saturated heterocycles. The lowest BCUT2D eigenvalue weighted by atomic mass is 10.0. The minimum atomic E-state index is -0.0991. The van der Waals surface area contributed by atoms with Crippen molar-refractivity contribution in [2.45, 2.75) is 25.4 Å². The van der Waals surface area contributed by atoms with Crippen LogP contribution in [-0.2, 0) is 6.54 Å². The summed E-state index contributed by atoms with van der Waals surface area (Å²) >= 11 is 5.86. The minimum absolute atomic E-state index is 0. The summed E-state index contributed by atoms with van der Waals surface area (Å²) in [5.74, 6) is 1.34. The van der Waals surface area contributed by atoms with E-state index in [0.717, 1.165) is 38.2 Å². The molecule has 1 aliphatic heterocycles. The van der Waals surface area contributed by atoms with Crippen LogP contribution in [0.5, 0.6) is 5.75 Å². The predicted molar refractivity (Wildman–Crippen MR) is 115 cm³/mol. The van der Waals surface area contributed by atoms with Gasteiger partial charge in [0.25, 0.3) is 5.91 Å². The zero-order valence-corrected chi connectivity index (χ0v) is 17.8. The van der Waals surface area contributed by atoms with Crippen molar-refractivity contribution < 1.29 is 13.9 Å². The van der Waals surface area contributed by atoms with E-state index in [1.54, 1.807) is 6.07 Å². The lowest BCUT2D eigenvalue weighted by Gasteiger charge is -2.32. The summed E-state index contributed by atoms with van der Waals surface area (Å²) in [5, 5.41) is 3.77. The quantitative estimate of drug-likeness (QED) is 0.675. The van der Waals surface area contributed by atoms with Crippen LogP contribution in [0.25, 0.3) is 0 Å². The second-order valence-corrected chi connectivity index (χ2v) is 6.83. The van der Waals surface area contributed by atoms with Crippen molar-refractivity contribution in [3.63, 3.8) is 0 Å². The van der Waals surface area contributed by atoms with Crippen molar-refractivity contribution in [1.82, 2.24) is 10.2 Å². The van der Waals surface area contributed by atoms with E-state index in [1.807, 2.05) is 24.3 Å². The van der Waals surface area contributed by atoms with E-state index >= 15 is 0 Å². The average Bonchev–Trinajstić information content (AvgIpc) is 3.14. The van der Waals surface area contributed by atoms with Crippen LogP contribution in [-0.4, -0.2) is 43.1 Å². The molecule has 0 bridgehead atoms. The maximum Gasteiger partial charge on any atom is 0.254 e. The number of nitrogens with two attached hydrogens (primary N) is 1. The number of halogens is 3. The molecular formula is C19H26Cl3N3O3. The zero-order valence-electron chi connectivity index (χ0n) is 15.4. The third kappa shape index (κ3) is 7.18. The van der Waals surface area contributed by atoms with E-state index in [0.29, 0.717) is 29.5 Å². The number of amides is 1. The molecule has 156 valence electrons. The number of benzene rings is 1. The molecule has 1 amide bonds.